The number of rotatable bonds is 5. The summed E-state index contributed by atoms with van der Waals surface area (Å²) in [6.45, 7) is 8.65. The van der Waals surface area contributed by atoms with Crippen LogP contribution in [0.5, 0.6) is 5.88 Å². The van der Waals surface area contributed by atoms with Crippen molar-refractivity contribution < 1.29 is 4.74 Å². The molecule has 0 aliphatic heterocycles. The highest BCUT2D eigenvalue weighted by Gasteiger charge is 2.27. The zero-order valence-corrected chi connectivity index (χ0v) is 13.1. The fourth-order valence-corrected chi connectivity index (χ4v) is 3.05. The largest absolute Gasteiger partial charge is 0.475 e. The van der Waals surface area contributed by atoms with Crippen LogP contribution < -0.4 is 10.1 Å². The number of hydrogen-bond donors (Lipinski definition) is 1. The van der Waals surface area contributed by atoms with Crippen molar-refractivity contribution in [3.8, 4) is 5.88 Å². The van der Waals surface area contributed by atoms with Crippen molar-refractivity contribution >= 4 is 5.82 Å². The molecule has 2 rings (SSSR count). The maximum atomic E-state index is 5.63. The predicted octanol–water partition coefficient (Wildman–Crippen LogP) is 3.89. The maximum absolute atomic E-state index is 5.63. The van der Waals surface area contributed by atoms with Crippen LogP contribution in [0.1, 0.15) is 53.4 Å². The van der Waals surface area contributed by atoms with Gasteiger partial charge in [0.2, 0.25) is 5.88 Å². The lowest BCUT2D eigenvalue weighted by atomic mass is 9.78. The van der Waals surface area contributed by atoms with Gasteiger partial charge in [-0.2, -0.15) is 0 Å². The molecular formula is C16H27N3O. The molecule has 1 aliphatic carbocycles. The Kier molecular flexibility index (Phi) is 5.21. The molecule has 0 saturated heterocycles. The number of nitrogens with one attached hydrogen (secondary N) is 1. The number of anilines is 1. The molecule has 1 N–H and O–H groups in total. The zero-order valence-electron chi connectivity index (χ0n) is 13.1. The minimum atomic E-state index is 0.135. The molecular weight excluding hydrogens is 250 g/mol. The van der Waals surface area contributed by atoms with Crippen molar-refractivity contribution in [2.45, 2.75) is 65.5 Å². The van der Waals surface area contributed by atoms with Gasteiger partial charge >= 0.3 is 0 Å². The van der Waals surface area contributed by atoms with Crippen LogP contribution in [-0.2, 0) is 0 Å². The molecule has 1 aliphatic rings. The van der Waals surface area contributed by atoms with Gasteiger partial charge in [0.05, 0.1) is 6.10 Å². The van der Waals surface area contributed by atoms with Crippen molar-refractivity contribution in [3.05, 3.63) is 12.4 Å². The monoisotopic (exact) mass is 277 g/mol. The van der Waals surface area contributed by atoms with Crippen LogP contribution >= 0.6 is 0 Å². The number of nitrogens with zero attached hydrogens (tertiary/aromatic N) is 2. The molecule has 0 amide bonds. The van der Waals surface area contributed by atoms with E-state index in [9.17, 15) is 0 Å². The number of ether oxygens (including phenoxy) is 1. The first-order chi connectivity index (χ1) is 9.56. The summed E-state index contributed by atoms with van der Waals surface area (Å²) in [7, 11) is 0. The first-order valence-corrected chi connectivity index (χ1v) is 7.81. The molecule has 0 spiro atoms. The lowest BCUT2D eigenvalue weighted by Crippen LogP contribution is -2.35. The highest BCUT2D eigenvalue weighted by atomic mass is 16.5. The SMILES string of the molecule is CC(C)Oc1cc(NC2CCCCC2C(C)C)ncn1. The minimum absolute atomic E-state index is 0.135. The standard InChI is InChI=1S/C16H27N3O/c1-11(2)13-7-5-6-8-14(13)19-15-9-16(18-10-17-15)20-12(3)4/h9-14H,5-8H2,1-4H3,(H,17,18,19). The van der Waals surface area contributed by atoms with Gasteiger partial charge in [-0.3, -0.25) is 0 Å². The van der Waals surface area contributed by atoms with Crippen molar-refractivity contribution in [1.29, 1.82) is 0 Å². The van der Waals surface area contributed by atoms with Crippen LogP contribution in [-0.4, -0.2) is 22.1 Å². The minimum Gasteiger partial charge on any atom is -0.475 e. The van der Waals surface area contributed by atoms with Crippen molar-refractivity contribution in [1.82, 2.24) is 9.97 Å². The molecule has 0 aromatic carbocycles. The fourth-order valence-electron chi connectivity index (χ4n) is 3.05. The van der Waals surface area contributed by atoms with Gasteiger partial charge in [-0.15, -0.1) is 0 Å². The molecule has 1 aromatic rings. The molecule has 2 atom stereocenters. The summed E-state index contributed by atoms with van der Waals surface area (Å²) in [5.41, 5.74) is 0. The van der Waals surface area contributed by atoms with E-state index in [2.05, 4.69) is 29.1 Å². The highest BCUT2D eigenvalue weighted by molar-refractivity contribution is 5.38. The number of aromatic nitrogens is 2. The third kappa shape index (κ3) is 4.09. The summed E-state index contributed by atoms with van der Waals surface area (Å²) in [5, 5.41) is 3.59. The summed E-state index contributed by atoms with van der Waals surface area (Å²) in [6, 6.07) is 2.43. The Labute approximate surface area is 122 Å². The van der Waals surface area contributed by atoms with E-state index in [4.69, 9.17) is 4.74 Å². The van der Waals surface area contributed by atoms with E-state index >= 15 is 0 Å². The van der Waals surface area contributed by atoms with Gasteiger partial charge in [-0.1, -0.05) is 26.7 Å². The average molecular weight is 277 g/mol. The quantitative estimate of drug-likeness (QED) is 0.887. The Balaban J connectivity index is 2.04. The van der Waals surface area contributed by atoms with E-state index in [1.165, 1.54) is 25.7 Å². The van der Waals surface area contributed by atoms with Crippen LogP contribution in [0.25, 0.3) is 0 Å². The second kappa shape index (κ2) is 6.91. The first kappa shape index (κ1) is 15.1. The summed E-state index contributed by atoms with van der Waals surface area (Å²) in [6.07, 6.45) is 6.92. The van der Waals surface area contributed by atoms with E-state index in [1.807, 2.05) is 19.9 Å². The summed E-state index contributed by atoms with van der Waals surface area (Å²) in [5.74, 6) is 2.97. The number of hydrogen-bond acceptors (Lipinski definition) is 4. The summed E-state index contributed by atoms with van der Waals surface area (Å²) < 4.78 is 5.63. The molecule has 1 saturated carbocycles. The fraction of sp³-hybridized carbons (Fsp3) is 0.750. The zero-order chi connectivity index (χ0) is 14.5. The van der Waals surface area contributed by atoms with Gasteiger partial charge in [0.25, 0.3) is 0 Å². The maximum Gasteiger partial charge on any atom is 0.218 e. The van der Waals surface area contributed by atoms with Gasteiger partial charge in [0.15, 0.2) is 0 Å². The van der Waals surface area contributed by atoms with Crippen molar-refractivity contribution in [3.63, 3.8) is 0 Å². The van der Waals surface area contributed by atoms with Gasteiger partial charge in [-0.05, 0) is 38.5 Å². The third-order valence-electron chi connectivity index (χ3n) is 4.01. The first-order valence-electron chi connectivity index (χ1n) is 7.81. The van der Waals surface area contributed by atoms with Gasteiger partial charge in [-0.25, -0.2) is 9.97 Å². The Hall–Kier alpha value is -1.32. The van der Waals surface area contributed by atoms with Gasteiger partial charge < -0.3 is 10.1 Å². The second-order valence-corrected chi connectivity index (χ2v) is 6.35. The van der Waals surface area contributed by atoms with Crippen LogP contribution in [0.4, 0.5) is 5.82 Å². The lowest BCUT2D eigenvalue weighted by molar-refractivity contribution is 0.232. The van der Waals surface area contributed by atoms with Crippen molar-refractivity contribution in [2.75, 3.05) is 5.32 Å². The van der Waals surface area contributed by atoms with E-state index in [-0.39, 0.29) is 6.10 Å². The average Bonchev–Trinajstić information content (AvgIpc) is 2.38. The molecule has 1 aromatic heterocycles. The van der Waals surface area contributed by atoms with Gasteiger partial charge in [0, 0.05) is 12.1 Å². The Morgan fingerprint density at radius 1 is 1.15 bits per heavy atom. The van der Waals surface area contributed by atoms with E-state index in [0.717, 1.165) is 11.7 Å². The summed E-state index contributed by atoms with van der Waals surface area (Å²) >= 11 is 0. The van der Waals surface area contributed by atoms with Crippen LogP contribution in [0.15, 0.2) is 12.4 Å². The predicted molar refractivity (Wildman–Crippen MR) is 82.0 cm³/mol. The molecule has 4 heteroatoms. The topological polar surface area (TPSA) is 47.0 Å². The molecule has 20 heavy (non-hydrogen) atoms. The van der Waals surface area contributed by atoms with Crippen LogP contribution in [0.2, 0.25) is 0 Å². The molecule has 1 heterocycles. The third-order valence-corrected chi connectivity index (χ3v) is 4.01. The summed E-state index contributed by atoms with van der Waals surface area (Å²) in [4.78, 5) is 8.49. The molecule has 112 valence electrons. The molecule has 0 radical (unpaired) electrons. The van der Waals surface area contributed by atoms with Crippen LogP contribution in [0, 0.1) is 11.8 Å². The van der Waals surface area contributed by atoms with Gasteiger partial charge in [0.1, 0.15) is 12.1 Å². The second-order valence-electron chi connectivity index (χ2n) is 6.35. The van der Waals surface area contributed by atoms with Crippen LogP contribution in [0.3, 0.4) is 0 Å². The van der Waals surface area contributed by atoms with E-state index in [0.29, 0.717) is 17.8 Å². The van der Waals surface area contributed by atoms with E-state index in [1.54, 1.807) is 6.33 Å². The smallest absolute Gasteiger partial charge is 0.218 e. The Morgan fingerprint density at radius 2 is 1.90 bits per heavy atom. The molecule has 2 unspecified atom stereocenters. The molecule has 1 fully saturated rings. The highest BCUT2D eigenvalue weighted by Crippen LogP contribution is 2.32. The van der Waals surface area contributed by atoms with E-state index < -0.39 is 0 Å². The molecule has 4 nitrogen and oxygen atoms in total. The normalized spacial score (nSPS) is 23.1. The Bertz CT molecular complexity index is 420. The lowest BCUT2D eigenvalue weighted by Gasteiger charge is -2.35. The Morgan fingerprint density at radius 3 is 2.60 bits per heavy atom. The molecule has 0 bridgehead atoms. The van der Waals surface area contributed by atoms with Crippen molar-refractivity contribution in [2.24, 2.45) is 11.8 Å².